The second-order valence-electron chi connectivity index (χ2n) is 11.6. The molecule has 2 fully saturated rings. The molecule has 250 valence electrons. The van der Waals surface area contributed by atoms with Gasteiger partial charge in [-0.1, -0.05) is 11.6 Å². The average Bonchev–Trinajstić information content (AvgIpc) is 3.81. The Morgan fingerprint density at radius 1 is 1.26 bits per heavy atom. The molecule has 3 aliphatic heterocycles. The summed E-state index contributed by atoms with van der Waals surface area (Å²) >= 11 is 0. The maximum atomic E-state index is 13.7. The number of aliphatic hydroxyl groups is 1. The summed E-state index contributed by atoms with van der Waals surface area (Å²) in [6.45, 7) is 6.49. The molecule has 0 bridgehead atoms. The summed E-state index contributed by atoms with van der Waals surface area (Å²) in [4.78, 5) is 45.7. The van der Waals surface area contributed by atoms with Gasteiger partial charge in [-0.2, -0.15) is 5.10 Å². The fourth-order valence-corrected chi connectivity index (χ4v) is 6.24. The fraction of sp³-hybridized carbons (Fsp3) is 0.581. The third kappa shape index (κ3) is 6.87. The number of nitrogens with two attached hydrogens (primary N) is 1. The van der Waals surface area contributed by atoms with E-state index in [0.29, 0.717) is 73.7 Å². The van der Waals surface area contributed by atoms with E-state index in [9.17, 15) is 24.6 Å². The molecule has 46 heavy (non-hydrogen) atoms. The SMILES string of the molecule is COc1c(C)c2c(c(O)c1C/C=C(\C)C(C(N)=O)C(C(=O)OCCN1CCOCC1)c1ncn(C3CCC(CO)O3)n1)C(=O)OC2. The molecule has 2 aromatic rings. The van der Waals surface area contributed by atoms with Crippen molar-refractivity contribution in [1.29, 1.82) is 0 Å². The average molecular weight is 644 g/mol. The number of hydrogen-bond donors (Lipinski definition) is 3. The first-order valence-corrected chi connectivity index (χ1v) is 15.3. The standard InChI is InChI=1S/C31H41N5O10/c1-17(4-6-20-26(38)24-21(15-45-30(24)40)18(2)27(20)42-3)23(28(32)39)25(31(41)44-13-10-35-8-11-43-12-9-35)29-33-16-36(34-29)22-7-5-19(14-37)46-22/h4,16,19,22-23,25,37-38H,5-15H2,1-3H3,(H2,32,39)/b17-4+. The molecule has 4 heterocycles. The molecule has 1 amide bonds. The van der Waals surface area contributed by atoms with Gasteiger partial charge in [-0.3, -0.25) is 14.5 Å². The number of aromatic hydroxyl groups is 1. The van der Waals surface area contributed by atoms with Crippen LogP contribution >= 0.6 is 0 Å². The van der Waals surface area contributed by atoms with Crippen molar-refractivity contribution in [2.45, 2.75) is 58.0 Å². The summed E-state index contributed by atoms with van der Waals surface area (Å²) in [7, 11) is 1.46. The van der Waals surface area contributed by atoms with Crippen LogP contribution in [0.2, 0.25) is 0 Å². The first-order valence-electron chi connectivity index (χ1n) is 15.3. The van der Waals surface area contributed by atoms with Crippen LogP contribution in [0.1, 0.15) is 64.8 Å². The highest BCUT2D eigenvalue weighted by atomic mass is 16.5. The molecule has 5 rings (SSSR count). The van der Waals surface area contributed by atoms with Crippen LogP contribution in [0, 0.1) is 12.8 Å². The number of nitrogens with zero attached hydrogens (tertiary/aromatic N) is 4. The van der Waals surface area contributed by atoms with Crippen molar-refractivity contribution in [1.82, 2.24) is 19.7 Å². The van der Waals surface area contributed by atoms with Crippen LogP contribution in [0.25, 0.3) is 0 Å². The van der Waals surface area contributed by atoms with Crippen molar-refractivity contribution in [3.8, 4) is 11.5 Å². The Labute approximate surface area is 266 Å². The number of carbonyl (C=O) groups is 3. The Kier molecular flexibility index (Phi) is 10.6. The monoisotopic (exact) mass is 643 g/mol. The zero-order chi connectivity index (χ0) is 33.0. The van der Waals surface area contributed by atoms with Crippen LogP contribution < -0.4 is 10.5 Å². The molecule has 4 atom stereocenters. The minimum absolute atomic E-state index is 0.0283. The zero-order valence-corrected chi connectivity index (χ0v) is 26.3. The molecule has 3 aliphatic rings. The van der Waals surface area contributed by atoms with Gasteiger partial charge in [0.15, 0.2) is 12.1 Å². The van der Waals surface area contributed by atoms with Crippen LogP contribution in [-0.4, -0.2) is 107 Å². The van der Waals surface area contributed by atoms with E-state index >= 15 is 0 Å². The molecular formula is C31H41N5O10. The smallest absolute Gasteiger partial charge is 0.342 e. The van der Waals surface area contributed by atoms with E-state index in [-0.39, 0.29) is 49.5 Å². The topological polar surface area (TPSA) is 198 Å². The molecule has 4 N–H and O–H groups in total. The molecule has 0 radical (unpaired) electrons. The number of primary amides is 1. The van der Waals surface area contributed by atoms with Gasteiger partial charge in [0.2, 0.25) is 5.91 Å². The Balaban J connectivity index is 1.44. The highest BCUT2D eigenvalue weighted by Crippen LogP contribution is 2.42. The van der Waals surface area contributed by atoms with E-state index in [1.807, 2.05) is 0 Å². The third-order valence-corrected chi connectivity index (χ3v) is 8.80. The Morgan fingerprint density at radius 3 is 2.70 bits per heavy atom. The number of rotatable bonds is 13. The lowest BCUT2D eigenvalue weighted by Gasteiger charge is -2.27. The van der Waals surface area contributed by atoms with Crippen molar-refractivity contribution >= 4 is 17.8 Å². The number of carbonyl (C=O) groups excluding carboxylic acids is 3. The number of allylic oxidation sites excluding steroid dienone is 1. The number of amides is 1. The molecule has 4 unspecified atom stereocenters. The lowest BCUT2D eigenvalue weighted by atomic mass is 9.84. The van der Waals surface area contributed by atoms with Crippen LogP contribution in [0.3, 0.4) is 0 Å². The van der Waals surface area contributed by atoms with Crippen molar-refractivity contribution in [3.63, 3.8) is 0 Å². The third-order valence-electron chi connectivity index (χ3n) is 8.80. The van der Waals surface area contributed by atoms with Gasteiger partial charge in [-0.25, -0.2) is 14.5 Å². The zero-order valence-electron chi connectivity index (χ0n) is 26.3. The second kappa shape index (κ2) is 14.6. The van der Waals surface area contributed by atoms with Gasteiger partial charge in [0.1, 0.15) is 42.5 Å². The summed E-state index contributed by atoms with van der Waals surface area (Å²) in [6, 6.07) is 0. The van der Waals surface area contributed by atoms with Gasteiger partial charge >= 0.3 is 11.9 Å². The van der Waals surface area contributed by atoms with Gasteiger partial charge in [-0.05, 0) is 38.7 Å². The summed E-state index contributed by atoms with van der Waals surface area (Å²) in [5.74, 6) is -4.52. The number of aromatic nitrogens is 3. The predicted molar refractivity (Wildman–Crippen MR) is 160 cm³/mol. The quantitative estimate of drug-likeness (QED) is 0.206. The van der Waals surface area contributed by atoms with Crippen molar-refractivity contribution in [2.75, 3.05) is 53.2 Å². The molecule has 0 spiro atoms. The molecule has 1 aromatic carbocycles. The molecule has 1 aromatic heterocycles. The van der Waals surface area contributed by atoms with E-state index in [1.54, 1.807) is 19.9 Å². The highest BCUT2D eigenvalue weighted by Gasteiger charge is 2.40. The largest absolute Gasteiger partial charge is 0.507 e. The van der Waals surface area contributed by atoms with Gasteiger partial charge in [0, 0.05) is 30.8 Å². The number of hydrogen-bond acceptors (Lipinski definition) is 13. The number of phenolic OH excluding ortho intramolecular Hbond substituents is 1. The Morgan fingerprint density at radius 2 is 2.02 bits per heavy atom. The molecule has 0 aliphatic carbocycles. The number of aliphatic hydroxyl groups excluding tert-OH is 1. The lowest BCUT2D eigenvalue weighted by molar-refractivity contribution is -0.149. The minimum Gasteiger partial charge on any atom is -0.507 e. The minimum atomic E-state index is -1.29. The van der Waals surface area contributed by atoms with Gasteiger partial charge in [0.05, 0.1) is 39.0 Å². The molecule has 0 saturated carbocycles. The van der Waals surface area contributed by atoms with Crippen molar-refractivity contribution in [2.24, 2.45) is 11.7 Å². The first kappa shape index (κ1) is 33.3. The van der Waals surface area contributed by atoms with Crippen LogP contribution in [-0.2, 0) is 41.6 Å². The van der Waals surface area contributed by atoms with Crippen LogP contribution in [0.4, 0.5) is 0 Å². The predicted octanol–water partition coefficient (Wildman–Crippen LogP) is 0.891. The number of cyclic esters (lactones) is 1. The van der Waals surface area contributed by atoms with E-state index < -0.39 is 35.9 Å². The van der Waals surface area contributed by atoms with E-state index in [1.165, 1.54) is 18.1 Å². The van der Waals surface area contributed by atoms with Crippen LogP contribution in [0.15, 0.2) is 18.0 Å². The normalized spacial score (nSPS) is 21.5. The van der Waals surface area contributed by atoms with E-state index in [2.05, 4.69) is 15.0 Å². The number of esters is 2. The number of fused-ring (bicyclic) bond motifs is 1. The van der Waals surface area contributed by atoms with Crippen molar-refractivity contribution < 1.29 is 48.3 Å². The Hall–Kier alpha value is -4.05. The van der Waals surface area contributed by atoms with Gasteiger partial charge in [0.25, 0.3) is 0 Å². The molecular weight excluding hydrogens is 602 g/mol. The molecule has 2 saturated heterocycles. The maximum Gasteiger partial charge on any atom is 0.342 e. The number of methoxy groups -OCH3 is 1. The summed E-state index contributed by atoms with van der Waals surface area (Å²) in [6.07, 6.45) is 3.50. The maximum absolute atomic E-state index is 13.7. The highest BCUT2D eigenvalue weighted by molar-refractivity contribution is 5.98. The molecule has 15 nitrogen and oxygen atoms in total. The number of ether oxygens (including phenoxy) is 5. The van der Waals surface area contributed by atoms with E-state index in [0.717, 1.165) is 0 Å². The fourth-order valence-electron chi connectivity index (χ4n) is 6.24. The lowest BCUT2D eigenvalue weighted by Crippen LogP contribution is -2.39. The molecule has 15 heteroatoms. The number of phenols is 1. The first-order chi connectivity index (χ1) is 22.1. The summed E-state index contributed by atoms with van der Waals surface area (Å²) in [5.41, 5.74) is 7.95. The van der Waals surface area contributed by atoms with Gasteiger partial charge in [-0.15, -0.1) is 0 Å². The van der Waals surface area contributed by atoms with Crippen LogP contribution in [0.5, 0.6) is 11.5 Å². The summed E-state index contributed by atoms with van der Waals surface area (Å²) in [5, 5.41) is 25.1. The van der Waals surface area contributed by atoms with E-state index in [4.69, 9.17) is 29.4 Å². The van der Waals surface area contributed by atoms with Crippen molar-refractivity contribution in [3.05, 3.63) is 46.1 Å². The number of morpholine rings is 1. The Bertz CT molecular complexity index is 1480. The van der Waals surface area contributed by atoms with Gasteiger partial charge < -0.3 is 39.6 Å². The number of benzene rings is 1. The summed E-state index contributed by atoms with van der Waals surface area (Å²) < 4.78 is 29.1. The second-order valence-corrected chi connectivity index (χ2v) is 11.6.